The average Bonchev–Trinajstić information content (AvgIpc) is 2.95. The fraction of sp³-hybridized carbons (Fsp3) is 0.353. The number of aromatic nitrogens is 1. The van der Waals surface area contributed by atoms with Gasteiger partial charge in [0, 0.05) is 17.5 Å². The largest absolute Gasteiger partial charge is 0.481 e. The fourth-order valence-electron chi connectivity index (χ4n) is 2.19. The highest BCUT2D eigenvalue weighted by molar-refractivity contribution is 7.12. The lowest BCUT2D eigenvalue weighted by Crippen LogP contribution is -2.19. The van der Waals surface area contributed by atoms with Crippen molar-refractivity contribution in [2.45, 2.75) is 39.0 Å². The predicted octanol–water partition coefficient (Wildman–Crippen LogP) is 3.71. The highest BCUT2D eigenvalue weighted by Gasteiger charge is 2.24. The van der Waals surface area contributed by atoms with Crippen LogP contribution in [0.2, 0.25) is 0 Å². The van der Waals surface area contributed by atoms with E-state index >= 15 is 0 Å². The van der Waals surface area contributed by atoms with Crippen molar-refractivity contribution >= 4 is 28.9 Å². The predicted molar refractivity (Wildman–Crippen MR) is 91.2 cm³/mol. The number of carbonyl (C=O) groups excluding carboxylic acids is 1. The maximum absolute atomic E-state index is 12.5. The number of thiazole rings is 1. The lowest BCUT2D eigenvalue weighted by molar-refractivity contribution is -0.136. The summed E-state index contributed by atoms with van der Waals surface area (Å²) in [6.45, 7) is 6.06. The van der Waals surface area contributed by atoms with Gasteiger partial charge in [0.25, 0.3) is 5.91 Å². The molecule has 6 heteroatoms. The summed E-state index contributed by atoms with van der Waals surface area (Å²) in [7, 11) is 0. The van der Waals surface area contributed by atoms with Gasteiger partial charge in [-0.05, 0) is 24.1 Å². The van der Waals surface area contributed by atoms with E-state index in [-0.39, 0.29) is 17.7 Å². The molecule has 0 atom stereocenters. The number of rotatable bonds is 5. The van der Waals surface area contributed by atoms with Gasteiger partial charge in [0.2, 0.25) is 0 Å². The lowest BCUT2D eigenvalue weighted by atomic mass is 9.91. The second-order valence-corrected chi connectivity index (χ2v) is 7.18. The first kappa shape index (κ1) is 17.1. The van der Waals surface area contributed by atoms with Gasteiger partial charge < -0.3 is 10.4 Å². The summed E-state index contributed by atoms with van der Waals surface area (Å²) in [5, 5.41) is 11.6. The van der Waals surface area contributed by atoms with Crippen molar-refractivity contribution in [1.82, 2.24) is 4.98 Å². The quantitative estimate of drug-likeness (QED) is 0.875. The Labute approximate surface area is 139 Å². The van der Waals surface area contributed by atoms with Gasteiger partial charge in [0.1, 0.15) is 4.88 Å². The zero-order valence-electron chi connectivity index (χ0n) is 13.4. The number of anilines is 1. The monoisotopic (exact) mass is 332 g/mol. The summed E-state index contributed by atoms with van der Waals surface area (Å²) in [4.78, 5) is 28.0. The molecule has 0 bridgehead atoms. The zero-order chi connectivity index (χ0) is 17.0. The highest BCUT2D eigenvalue weighted by Crippen LogP contribution is 2.27. The molecule has 0 radical (unpaired) electrons. The number of aryl methyl sites for hydroxylation is 1. The fourth-order valence-corrected chi connectivity index (χ4v) is 3.08. The lowest BCUT2D eigenvalue weighted by Gasteiger charge is -2.17. The second-order valence-electron chi connectivity index (χ2n) is 6.33. The normalized spacial score (nSPS) is 11.3. The Morgan fingerprint density at radius 1 is 1.30 bits per heavy atom. The Balaban J connectivity index is 2.13. The smallest absolute Gasteiger partial charge is 0.303 e. The maximum atomic E-state index is 12.5. The van der Waals surface area contributed by atoms with Gasteiger partial charge in [-0.15, -0.1) is 11.3 Å². The Morgan fingerprint density at radius 2 is 2.04 bits per heavy atom. The molecule has 0 saturated heterocycles. The van der Waals surface area contributed by atoms with Crippen molar-refractivity contribution in [3.63, 3.8) is 0 Å². The van der Waals surface area contributed by atoms with Gasteiger partial charge in [-0.25, -0.2) is 4.98 Å². The molecule has 2 rings (SSSR count). The molecule has 0 saturated carbocycles. The number of nitrogens with one attached hydrogen (secondary N) is 1. The summed E-state index contributed by atoms with van der Waals surface area (Å²) in [6, 6.07) is 7.26. The topological polar surface area (TPSA) is 79.3 Å². The third kappa shape index (κ3) is 4.63. The summed E-state index contributed by atoms with van der Waals surface area (Å²) in [6.07, 6.45) is 0.507. The molecule has 5 nitrogen and oxygen atoms in total. The van der Waals surface area contributed by atoms with Crippen LogP contribution >= 0.6 is 11.3 Å². The molecule has 0 aliphatic carbocycles. The van der Waals surface area contributed by atoms with E-state index in [1.807, 2.05) is 32.9 Å². The highest BCUT2D eigenvalue weighted by atomic mass is 32.1. The van der Waals surface area contributed by atoms with Crippen molar-refractivity contribution in [1.29, 1.82) is 0 Å². The van der Waals surface area contributed by atoms with Crippen molar-refractivity contribution in [3.05, 3.63) is 45.9 Å². The SMILES string of the molecule is CC(C)(C)c1ncsc1C(=O)Nc1cccc(CCC(=O)O)c1. The number of carboxylic acid groups (broad SMARTS) is 1. The van der Waals surface area contributed by atoms with Gasteiger partial charge in [0.15, 0.2) is 0 Å². The van der Waals surface area contributed by atoms with Crippen LogP contribution in [0.25, 0.3) is 0 Å². The molecule has 1 amide bonds. The minimum Gasteiger partial charge on any atom is -0.481 e. The van der Waals surface area contributed by atoms with E-state index in [2.05, 4.69) is 10.3 Å². The molecule has 0 spiro atoms. The first-order valence-electron chi connectivity index (χ1n) is 7.33. The van der Waals surface area contributed by atoms with Crippen LogP contribution in [-0.2, 0) is 16.6 Å². The zero-order valence-corrected chi connectivity index (χ0v) is 14.2. The number of carbonyl (C=O) groups is 2. The van der Waals surface area contributed by atoms with Crippen molar-refractivity contribution in [2.75, 3.05) is 5.32 Å². The average molecular weight is 332 g/mol. The number of carboxylic acids is 1. The Bertz CT molecular complexity index is 717. The Morgan fingerprint density at radius 3 is 2.70 bits per heavy atom. The minimum atomic E-state index is -0.834. The number of nitrogens with zero attached hydrogens (tertiary/aromatic N) is 1. The van der Waals surface area contributed by atoms with E-state index in [1.165, 1.54) is 11.3 Å². The summed E-state index contributed by atoms with van der Waals surface area (Å²) in [5.74, 6) is -1.02. The van der Waals surface area contributed by atoms with Crippen LogP contribution in [0.4, 0.5) is 5.69 Å². The number of amides is 1. The molecule has 1 aromatic carbocycles. The standard InChI is InChI=1S/C17H20N2O3S/c1-17(2,3)15-14(23-10-18-15)16(22)19-12-6-4-5-11(9-12)7-8-13(20)21/h4-6,9-10H,7-8H2,1-3H3,(H,19,22)(H,20,21). The van der Waals surface area contributed by atoms with E-state index in [1.54, 1.807) is 17.6 Å². The molecule has 122 valence electrons. The molecule has 2 aromatic rings. The summed E-state index contributed by atoms with van der Waals surface area (Å²) < 4.78 is 0. The number of hydrogen-bond acceptors (Lipinski definition) is 4. The van der Waals surface area contributed by atoms with Crippen LogP contribution in [0.1, 0.15) is 48.1 Å². The molecule has 23 heavy (non-hydrogen) atoms. The third-order valence-corrected chi connectivity index (χ3v) is 4.12. The maximum Gasteiger partial charge on any atom is 0.303 e. The van der Waals surface area contributed by atoms with E-state index < -0.39 is 5.97 Å². The third-order valence-electron chi connectivity index (χ3n) is 3.30. The van der Waals surface area contributed by atoms with Crippen LogP contribution in [0.15, 0.2) is 29.8 Å². The van der Waals surface area contributed by atoms with E-state index in [9.17, 15) is 9.59 Å². The Hall–Kier alpha value is -2.21. The van der Waals surface area contributed by atoms with E-state index in [0.717, 1.165) is 11.3 Å². The molecule has 1 aromatic heterocycles. The molecular formula is C17H20N2O3S. The first-order chi connectivity index (χ1) is 10.8. The molecule has 0 unspecified atom stereocenters. The van der Waals surface area contributed by atoms with Gasteiger partial charge in [-0.3, -0.25) is 9.59 Å². The van der Waals surface area contributed by atoms with Gasteiger partial charge in [-0.1, -0.05) is 32.9 Å². The Kier molecular flexibility index (Phi) is 5.15. The first-order valence-corrected chi connectivity index (χ1v) is 8.21. The van der Waals surface area contributed by atoms with Crippen LogP contribution in [-0.4, -0.2) is 22.0 Å². The van der Waals surface area contributed by atoms with E-state index in [0.29, 0.717) is 17.0 Å². The molecule has 2 N–H and O–H groups in total. The number of aliphatic carboxylic acids is 1. The van der Waals surface area contributed by atoms with Crippen LogP contribution in [0, 0.1) is 0 Å². The molecule has 0 aliphatic heterocycles. The minimum absolute atomic E-state index is 0.0699. The molecular weight excluding hydrogens is 312 g/mol. The molecule has 0 fully saturated rings. The summed E-state index contributed by atoms with van der Waals surface area (Å²) >= 11 is 1.32. The van der Waals surface area contributed by atoms with Crippen LogP contribution in [0.5, 0.6) is 0 Å². The number of benzene rings is 1. The van der Waals surface area contributed by atoms with Gasteiger partial charge in [0.05, 0.1) is 11.2 Å². The second kappa shape index (κ2) is 6.91. The van der Waals surface area contributed by atoms with Gasteiger partial charge >= 0.3 is 5.97 Å². The molecule has 1 heterocycles. The van der Waals surface area contributed by atoms with Crippen molar-refractivity contribution in [3.8, 4) is 0 Å². The molecule has 0 aliphatic rings. The summed E-state index contributed by atoms with van der Waals surface area (Å²) in [5.41, 5.74) is 3.80. The van der Waals surface area contributed by atoms with Crippen LogP contribution < -0.4 is 5.32 Å². The number of hydrogen-bond donors (Lipinski definition) is 2. The van der Waals surface area contributed by atoms with Crippen LogP contribution in [0.3, 0.4) is 0 Å². The van der Waals surface area contributed by atoms with Gasteiger partial charge in [-0.2, -0.15) is 0 Å². The van der Waals surface area contributed by atoms with Crippen molar-refractivity contribution in [2.24, 2.45) is 0 Å². The van der Waals surface area contributed by atoms with E-state index in [4.69, 9.17) is 5.11 Å². The van der Waals surface area contributed by atoms with Crippen molar-refractivity contribution < 1.29 is 14.7 Å².